The van der Waals surface area contributed by atoms with Gasteiger partial charge in [0.2, 0.25) is 0 Å². The molecule has 2 unspecified atom stereocenters. The zero-order chi connectivity index (χ0) is 13.8. The molecule has 19 heavy (non-hydrogen) atoms. The number of carbonyl (C=O) groups excluding carboxylic acids is 1. The number of aromatic carboxylic acids is 1. The lowest BCUT2D eigenvalue weighted by Gasteiger charge is -2.11. The molecule has 1 heterocycles. The van der Waals surface area contributed by atoms with Gasteiger partial charge in [-0.25, -0.2) is 9.59 Å². The molecule has 0 spiro atoms. The number of anilines is 1. The molecule has 1 aromatic rings. The maximum Gasteiger partial charge on any atom is 0.338 e. The highest BCUT2D eigenvalue weighted by atomic mass is 32.1. The second-order valence-corrected chi connectivity index (χ2v) is 5.55. The molecular formula is C12H16N2O4S. The van der Waals surface area contributed by atoms with Crippen molar-refractivity contribution in [1.29, 1.82) is 0 Å². The van der Waals surface area contributed by atoms with E-state index in [0.717, 1.165) is 12.8 Å². The van der Waals surface area contributed by atoms with Crippen LogP contribution in [0.3, 0.4) is 0 Å². The van der Waals surface area contributed by atoms with Crippen molar-refractivity contribution >= 4 is 28.3 Å². The van der Waals surface area contributed by atoms with E-state index >= 15 is 0 Å². The van der Waals surface area contributed by atoms with E-state index in [-0.39, 0.29) is 11.7 Å². The van der Waals surface area contributed by atoms with Crippen molar-refractivity contribution in [3.8, 4) is 0 Å². The summed E-state index contributed by atoms with van der Waals surface area (Å²) in [6, 6.07) is 1.04. The van der Waals surface area contributed by atoms with Crippen molar-refractivity contribution in [3.05, 3.63) is 17.0 Å². The highest BCUT2D eigenvalue weighted by molar-refractivity contribution is 7.14. The molecule has 0 aromatic carbocycles. The Hall–Kier alpha value is -1.60. The van der Waals surface area contributed by atoms with E-state index in [4.69, 9.17) is 5.11 Å². The van der Waals surface area contributed by atoms with Crippen LogP contribution < -0.4 is 10.6 Å². The van der Waals surface area contributed by atoms with Crippen LogP contribution in [-0.4, -0.2) is 34.9 Å². The number of aliphatic hydroxyl groups excluding tert-OH is 1. The van der Waals surface area contributed by atoms with Crippen LogP contribution in [0.25, 0.3) is 0 Å². The van der Waals surface area contributed by atoms with Crippen LogP contribution in [-0.2, 0) is 0 Å². The molecule has 1 aliphatic rings. The first-order valence-corrected chi connectivity index (χ1v) is 6.98. The van der Waals surface area contributed by atoms with Crippen LogP contribution in [0.2, 0.25) is 0 Å². The summed E-state index contributed by atoms with van der Waals surface area (Å²) in [7, 11) is 0. The molecule has 0 aliphatic heterocycles. The fourth-order valence-corrected chi connectivity index (χ4v) is 2.97. The van der Waals surface area contributed by atoms with E-state index in [1.807, 2.05) is 0 Å². The van der Waals surface area contributed by atoms with E-state index < -0.39 is 12.0 Å². The minimum Gasteiger partial charge on any atom is -0.478 e. The van der Waals surface area contributed by atoms with Crippen LogP contribution in [0.5, 0.6) is 0 Å². The monoisotopic (exact) mass is 284 g/mol. The van der Waals surface area contributed by atoms with Crippen LogP contribution in [0.1, 0.15) is 29.6 Å². The Balaban J connectivity index is 1.81. The Morgan fingerprint density at radius 3 is 2.84 bits per heavy atom. The normalized spacial score (nSPS) is 22.2. The topological polar surface area (TPSA) is 98.7 Å². The van der Waals surface area contributed by atoms with Crippen LogP contribution in [0.4, 0.5) is 9.80 Å². The number of nitrogens with one attached hydrogen (secondary N) is 2. The number of hydrogen-bond donors (Lipinski definition) is 4. The number of hydrogen-bond acceptors (Lipinski definition) is 4. The predicted octanol–water partition coefficient (Wildman–Crippen LogP) is 1.73. The predicted molar refractivity (Wildman–Crippen MR) is 71.6 cm³/mol. The summed E-state index contributed by atoms with van der Waals surface area (Å²) in [5, 5.41) is 25.5. The fourth-order valence-electron chi connectivity index (χ4n) is 2.19. The first kappa shape index (κ1) is 13.8. The molecule has 0 saturated heterocycles. The standard InChI is InChI=1S/C12H16N2O4S/c15-8-2-1-7(5-8)6-13-12(18)14-10-9(11(16)17)3-4-19-10/h3-4,7-8,15H,1-2,5-6H2,(H,16,17)(H2,13,14,18). The summed E-state index contributed by atoms with van der Waals surface area (Å²) in [5.74, 6) is -0.765. The minimum absolute atomic E-state index is 0.0939. The van der Waals surface area contributed by atoms with Crippen molar-refractivity contribution in [2.24, 2.45) is 5.92 Å². The van der Waals surface area contributed by atoms with Gasteiger partial charge in [0.05, 0.1) is 11.7 Å². The summed E-state index contributed by atoms with van der Waals surface area (Å²) in [6.07, 6.45) is 2.13. The van der Waals surface area contributed by atoms with Crippen LogP contribution in [0.15, 0.2) is 11.4 Å². The third kappa shape index (κ3) is 3.68. The molecule has 7 heteroatoms. The van der Waals surface area contributed by atoms with Crippen molar-refractivity contribution in [2.75, 3.05) is 11.9 Å². The molecule has 6 nitrogen and oxygen atoms in total. The lowest BCUT2D eigenvalue weighted by molar-refractivity contribution is 0.0698. The molecule has 0 bridgehead atoms. The largest absolute Gasteiger partial charge is 0.478 e. The number of aliphatic hydroxyl groups is 1. The van der Waals surface area contributed by atoms with Gasteiger partial charge in [-0.15, -0.1) is 11.3 Å². The Morgan fingerprint density at radius 2 is 2.21 bits per heavy atom. The van der Waals surface area contributed by atoms with Gasteiger partial charge in [0.25, 0.3) is 0 Å². The maximum atomic E-state index is 11.7. The van der Waals surface area contributed by atoms with Crippen molar-refractivity contribution < 1.29 is 19.8 Å². The van der Waals surface area contributed by atoms with Gasteiger partial charge in [-0.05, 0) is 36.6 Å². The molecule has 1 aliphatic carbocycles. The zero-order valence-electron chi connectivity index (χ0n) is 10.3. The molecule has 4 N–H and O–H groups in total. The average molecular weight is 284 g/mol. The first-order valence-electron chi connectivity index (χ1n) is 6.10. The number of carbonyl (C=O) groups is 2. The third-order valence-corrected chi connectivity index (χ3v) is 4.02. The highest BCUT2D eigenvalue weighted by Gasteiger charge is 2.23. The maximum absolute atomic E-state index is 11.7. The average Bonchev–Trinajstić information content (AvgIpc) is 2.95. The summed E-state index contributed by atoms with van der Waals surface area (Å²) < 4.78 is 0. The van der Waals surface area contributed by atoms with Gasteiger partial charge in [-0.3, -0.25) is 5.32 Å². The van der Waals surface area contributed by atoms with E-state index in [9.17, 15) is 14.7 Å². The second kappa shape index (κ2) is 6.03. The lowest BCUT2D eigenvalue weighted by atomic mass is 10.1. The smallest absolute Gasteiger partial charge is 0.338 e. The Kier molecular flexibility index (Phi) is 4.39. The van der Waals surface area contributed by atoms with Gasteiger partial charge >= 0.3 is 12.0 Å². The molecule has 0 radical (unpaired) electrons. The number of thiophene rings is 1. The lowest BCUT2D eigenvalue weighted by Crippen LogP contribution is -2.32. The molecule has 2 amide bonds. The molecule has 1 fully saturated rings. The summed E-state index contributed by atoms with van der Waals surface area (Å²) >= 11 is 1.17. The van der Waals surface area contributed by atoms with Crippen molar-refractivity contribution in [2.45, 2.75) is 25.4 Å². The van der Waals surface area contributed by atoms with Crippen LogP contribution in [0, 0.1) is 5.92 Å². The molecule has 104 valence electrons. The summed E-state index contributed by atoms with van der Waals surface area (Å²) in [4.78, 5) is 22.5. The Bertz CT molecular complexity index is 474. The molecule has 2 atom stereocenters. The zero-order valence-corrected chi connectivity index (χ0v) is 11.1. The van der Waals surface area contributed by atoms with Gasteiger partial charge in [-0.2, -0.15) is 0 Å². The molecular weight excluding hydrogens is 268 g/mol. The number of carboxylic acids is 1. The van der Waals surface area contributed by atoms with E-state index in [2.05, 4.69) is 10.6 Å². The number of carboxylic acid groups (broad SMARTS) is 1. The van der Waals surface area contributed by atoms with Crippen molar-refractivity contribution in [1.82, 2.24) is 5.32 Å². The molecule has 1 aromatic heterocycles. The van der Waals surface area contributed by atoms with Gasteiger partial charge in [0.15, 0.2) is 0 Å². The van der Waals surface area contributed by atoms with E-state index in [1.165, 1.54) is 17.4 Å². The first-order chi connectivity index (χ1) is 9.06. The molecule has 2 rings (SSSR count). The quantitative estimate of drug-likeness (QED) is 0.676. The second-order valence-electron chi connectivity index (χ2n) is 4.64. The number of amides is 2. The van der Waals surface area contributed by atoms with Crippen LogP contribution >= 0.6 is 11.3 Å². The Morgan fingerprint density at radius 1 is 1.42 bits per heavy atom. The van der Waals surface area contributed by atoms with Gasteiger partial charge < -0.3 is 15.5 Å². The minimum atomic E-state index is -1.06. The van der Waals surface area contributed by atoms with Gasteiger partial charge in [0.1, 0.15) is 5.00 Å². The van der Waals surface area contributed by atoms with Gasteiger partial charge in [-0.1, -0.05) is 0 Å². The third-order valence-electron chi connectivity index (χ3n) is 3.19. The fraction of sp³-hybridized carbons (Fsp3) is 0.500. The van der Waals surface area contributed by atoms with E-state index in [1.54, 1.807) is 5.38 Å². The van der Waals surface area contributed by atoms with E-state index in [0.29, 0.717) is 23.9 Å². The highest BCUT2D eigenvalue weighted by Crippen LogP contribution is 2.25. The SMILES string of the molecule is O=C(NCC1CCC(O)C1)Nc1sccc1C(=O)O. The summed E-state index contributed by atoms with van der Waals surface area (Å²) in [5.41, 5.74) is 0.0939. The summed E-state index contributed by atoms with van der Waals surface area (Å²) in [6.45, 7) is 0.497. The number of urea groups is 1. The van der Waals surface area contributed by atoms with Crippen molar-refractivity contribution in [3.63, 3.8) is 0 Å². The Labute approximate surface area is 114 Å². The number of rotatable bonds is 4. The van der Waals surface area contributed by atoms with Gasteiger partial charge in [0, 0.05) is 6.54 Å². The molecule has 1 saturated carbocycles.